The van der Waals surface area contributed by atoms with E-state index in [2.05, 4.69) is 21.1 Å². The third-order valence-electron chi connectivity index (χ3n) is 4.02. The minimum atomic E-state index is -0.341. The topological polar surface area (TPSA) is 93.2 Å². The van der Waals surface area contributed by atoms with Crippen LogP contribution in [0.3, 0.4) is 0 Å². The van der Waals surface area contributed by atoms with Gasteiger partial charge in [0.25, 0.3) is 5.78 Å². The van der Waals surface area contributed by atoms with E-state index in [1.54, 1.807) is 28.8 Å². The Morgan fingerprint density at radius 3 is 2.65 bits per heavy atom. The number of aromatic nitrogens is 4. The van der Waals surface area contributed by atoms with Crippen LogP contribution < -0.4 is 0 Å². The Hall–Kier alpha value is -2.92. The maximum Gasteiger partial charge on any atom is 0.310 e. The lowest BCUT2D eigenvalue weighted by molar-refractivity contribution is -0.144. The van der Waals surface area contributed by atoms with Crippen LogP contribution in [-0.2, 0) is 22.6 Å². The van der Waals surface area contributed by atoms with Gasteiger partial charge in [0.15, 0.2) is 0 Å². The molecule has 2 heterocycles. The van der Waals surface area contributed by atoms with Crippen molar-refractivity contribution in [2.24, 2.45) is 0 Å². The summed E-state index contributed by atoms with van der Waals surface area (Å²) in [6, 6.07) is 9.00. The summed E-state index contributed by atoms with van der Waals surface area (Å²) in [6.45, 7) is 3.91. The number of carbonyl (C=O) groups excluding carboxylic acids is 1. The predicted molar refractivity (Wildman–Crippen MR) is 96.7 cm³/mol. The number of aryl methyl sites for hydroxylation is 2. The zero-order valence-corrected chi connectivity index (χ0v) is 15.5. The summed E-state index contributed by atoms with van der Waals surface area (Å²) in [4.78, 5) is 21.0. The first-order valence-electron chi connectivity index (χ1n) is 7.93. The Balaban J connectivity index is 1.73. The first-order chi connectivity index (χ1) is 12.5. The fourth-order valence-corrected chi connectivity index (χ4v) is 2.90. The molecule has 0 unspecified atom stereocenters. The molecule has 0 aliphatic heterocycles. The van der Waals surface area contributed by atoms with Gasteiger partial charge in [-0.25, -0.2) is 9.50 Å². The van der Waals surface area contributed by atoms with Gasteiger partial charge in [-0.3, -0.25) is 4.79 Å². The van der Waals surface area contributed by atoms with E-state index in [1.807, 2.05) is 20.1 Å². The van der Waals surface area contributed by atoms with Gasteiger partial charge < -0.3 is 4.74 Å². The van der Waals surface area contributed by atoms with Crippen molar-refractivity contribution < 1.29 is 9.53 Å². The zero-order chi connectivity index (χ0) is 18.7. The van der Waals surface area contributed by atoms with Gasteiger partial charge in [-0.15, -0.1) is 5.10 Å². The van der Waals surface area contributed by atoms with Crippen molar-refractivity contribution in [1.29, 1.82) is 5.26 Å². The Labute approximate surface area is 155 Å². The standard InChI is InChI=1S/C18H17N5O2S/c1-11-15(12(2)23-17(20-11)21-18(22-23)26-3)8-16(24)25-10-14-6-4-13(9-19)5-7-14/h4-7H,8,10H2,1-3H3. The molecule has 3 aromatic rings. The van der Waals surface area contributed by atoms with Gasteiger partial charge in [-0.05, 0) is 37.8 Å². The molecule has 2 aromatic heterocycles. The van der Waals surface area contributed by atoms with Crippen molar-refractivity contribution in [2.75, 3.05) is 6.26 Å². The number of hydrogen-bond acceptors (Lipinski definition) is 7. The van der Waals surface area contributed by atoms with Gasteiger partial charge in [0, 0.05) is 17.0 Å². The van der Waals surface area contributed by atoms with Crippen LogP contribution in [-0.4, -0.2) is 31.8 Å². The van der Waals surface area contributed by atoms with E-state index in [0.29, 0.717) is 16.5 Å². The molecule has 3 rings (SSSR count). The normalized spacial score (nSPS) is 10.7. The van der Waals surface area contributed by atoms with Gasteiger partial charge in [-0.2, -0.15) is 10.2 Å². The van der Waals surface area contributed by atoms with E-state index in [1.165, 1.54) is 11.8 Å². The first-order valence-corrected chi connectivity index (χ1v) is 9.15. The number of nitrogens with zero attached hydrogens (tertiary/aromatic N) is 5. The highest BCUT2D eigenvalue weighted by Crippen LogP contribution is 2.17. The van der Waals surface area contributed by atoms with Crippen molar-refractivity contribution >= 4 is 23.5 Å². The van der Waals surface area contributed by atoms with Crippen molar-refractivity contribution in [3.05, 3.63) is 52.3 Å². The highest BCUT2D eigenvalue weighted by Gasteiger charge is 2.16. The van der Waals surface area contributed by atoms with Gasteiger partial charge >= 0.3 is 5.97 Å². The molecule has 0 bridgehead atoms. The van der Waals surface area contributed by atoms with Crippen LogP contribution in [0.15, 0.2) is 29.4 Å². The zero-order valence-electron chi connectivity index (χ0n) is 14.7. The summed E-state index contributed by atoms with van der Waals surface area (Å²) in [7, 11) is 0. The van der Waals surface area contributed by atoms with E-state index < -0.39 is 0 Å². The second-order valence-corrected chi connectivity index (χ2v) is 6.49. The molecule has 132 valence electrons. The van der Waals surface area contributed by atoms with E-state index in [9.17, 15) is 4.79 Å². The lowest BCUT2D eigenvalue weighted by Crippen LogP contribution is -2.13. The number of fused-ring (bicyclic) bond motifs is 1. The highest BCUT2D eigenvalue weighted by atomic mass is 32.2. The Morgan fingerprint density at radius 2 is 2.00 bits per heavy atom. The average molecular weight is 367 g/mol. The minimum absolute atomic E-state index is 0.116. The van der Waals surface area contributed by atoms with E-state index in [-0.39, 0.29) is 19.0 Å². The fourth-order valence-electron chi connectivity index (χ4n) is 2.57. The van der Waals surface area contributed by atoms with E-state index >= 15 is 0 Å². The van der Waals surface area contributed by atoms with Crippen LogP contribution in [0.4, 0.5) is 0 Å². The molecule has 0 amide bonds. The molecule has 0 fully saturated rings. The van der Waals surface area contributed by atoms with Crippen LogP contribution in [0.1, 0.15) is 28.1 Å². The molecule has 0 aliphatic rings. The molecule has 1 aromatic carbocycles. The number of nitriles is 1. The van der Waals surface area contributed by atoms with Crippen LogP contribution in [0.5, 0.6) is 0 Å². The van der Waals surface area contributed by atoms with Crippen molar-refractivity contribution in [3.8, 4) is 6.07 Å². The number of ether oxygens (including phenoxy) is 1. The predicted octanol–water partition coefficient (Wildman–Crippen LogP) is 2.62. The Bertz CT molecular complexity index is 1010. The molecule has 0 spiro atoms. The molecule has 7 nitrogen and oxygen atoms in total. The summed E-state index contributed by atoms with van der Waals surface area (Å²) in [5.74, 6) is 0.186. The number of hydrogen-bond donors (Lipinski definition) is 0. The second-order valence-electron chi connectivity index (χ2n) is 5.72. The number of rotatable bonds is 5. The molecule has 26 heavy (non-hydrogen) atoms. The van der Waals surface area contributed by atoms with Crippen LogP contribution in [0.25, 0.3) is 5.78 Å². The third kappa shape index (κ3) is 3.68. The lowest BCUT2D eigenvalue weighted by Gasteiger charge is -2.10. The maximum absolute atomic E-state index is 12.3. The first kappa shape index (κ1) is 17.9. The Morgan fingerprint density at radius 1 is 1.27 bits per heavy atom. The second kappa shape index (κ2) is 7.54. The van der Waals surface area contributed by atoms with E-state index in [4.69, 9.17) is 10.00 Å². The van der Waals surface area contributed by atoms with Crippen molar-refractivity contribution in [1.82, 2.24) is 19.6 Å². The Kier molecular flexibility index (Phi) is 5.19. The van der Waals surface area contributed by atoms with Crippen LogP contribution in [0.2, 0.25) is 0 Å². The van der Waals surface area contributed by atoms with Gasteiger partial charge in [0.1, 0.15) is 6.61 Å². The van der Waals surface area contributed by atoms with Crippen LogP contribution in [0, 0.1) is 25.2 Å². The maximum atomic E-state index is 12.3. The monoisotopic (exact) mass is 367 g/mol. The quantitative estimate of drug-likeness (QED) is 0.505. The lowest BCUT2D eigenvalue weighted by atomic mass is 10.1. The largest absolute Gasteiger partial charge is 0.461 e. The van der Waals surface area contributed by atoms with E-state index in [0.717, 1.165) is 22.5 Å². The summed E-state index contributed by atoms with van der Waals surface area (Å²) in [6.07, 6.45) is 2.02. The summed E-state index contributed by atoms with van der Waals surface area (Å²) in [5.41, 5.74) is 3.77. The molecule has 0 atom stereocenters. The molecule has 0 saturated heterocycles. The molecule has 0 N–H and O–H groups in total. The molecule has 0 saturated carbocycles. The minimum Gasteiger partial charge on any atom is -0.461 e. The van der Waals surface area contributed by atoms with Crippen LogP contribution >= 0.6 is 11.8 Å². The van der Waals surface area contributed by atoms with Gasteiger partial charge in [0.2, 0.25) is 5.16 Å². The molecule has 0 aliphatic carbocycles. The summed E-state index contributed by atoms with van der Waals surface area (Å²) < 4.78 is 7.01. The number of carbonyl (C=O) groups is 1. The molecule has 0 radical (unpaired) electrons. The summed E-state index contributed by atoms with van der Waals surface area (Å²) >= 11 is 1.44. The smallest absolute Gasteiger partial charge is 0.310 e. The van der Waals surface area contributed by atoms with Crippen molar-refractivity contribution in [2.45, 2.75) is 32.0 Å². The number of thioether (sulfide) groups is 1. The third-order valence-corrected chi connectivity index (χ3v) is 4.55. The molecular weight excluding hydrogens is 350 g/mol. The number of esters is 1. The van der Waals surface area contributed by atoms with Gasteiger partial charge in [0.05, 0.1) is 18.1 Å². The SMILES string of the molecule is CSc1nc2nc(C)c(CC(=O)OCc3ccc(C#N)cc3)c(C)n2n1. The molecular formula is C18H17N5O2S. The molecule has 8 heteroatoms. The fraction of sp³-hybridized carbons (Fsp3) is 0.278. The number of benzene rings is 1. The average Bonchev–Trinajstić information content (AvgIpc) is 3.07. The highest BCUT2D eigenvalue weighted by molar-refractivity contribution is 7.98. The summed E-state index contributed by atoms with van der Waals surface area (Å²) in [5, 5.41) is 13.8. The van der Waals surface area contributed by atoms with Crippen molar-refractivity contribution in [3.63, 3.8) is 0 Å². The van der Waals surface area contributed by atoms with Gasteiger partial charge in [-0.1, -0.05) is 23.9 Å².